The van der Waals surface area contributed by atoms with E-state index in [0.717, 1.165) is 16.7 Å². The molecule has 0 aliphatic heterocycles. The molecule has 1 N–H and O–H groups in total. The fourth-order valence-corrected chi connectivity index (χ4v) is 2.29. The molecule has 90 valence electrons. The average molecular weight is 249 g/mol. The second kappa shape index (κ2) is 5.75. The van der Waals surface area contributed by atoms with Gasteiger partial charge in [-0.15, -0.1) is 10.2 Å². The number of aromatic nitrogens is 2. The molecule has 0 aliphatic carbocycles. The Hall–Kier alpha value is -1.46. The van der Waals surface area contributed by atoms with Gasteiger partial charge in [0.15, 0.2) is 0 Å². The summed E-state index contributed by atoms with van der Waals surface area (Å²) in [6.45, 7) is 3.37. The van der Waals surface area contributed by atoms with Gasteiger partial charge in [-0.2, -0.15) is 0 Å². The zero-order valence-electron chi connectivity index (χ0n) is 9.71. The fraction of sp³-hybridized carbons (Fsp3) is 0.333. The molecule has 0 radical (unpaired) electrons. The Bertz CT molecular complexity index is 458. The standard InChI is InChI=1S/C12H15N3OS/c1-10-13-14-12(17-10)15(7-8-16)9-11-5-3-2-4-6-11/h2-6,16H,7-9H2,1H3. The third-order valence-corrected chi connectivity index (χ3v) is 3.27. The number of rotatable bonds is 5. The van der Waals surface area contributed by atoms with Crippen molar-refractivity contribution in [2.45, 2.75) is 13.5 Å². The first kappa shape index (κ1) is 12.0. The SMILES string of the molecule is Cc1nnc(N(CCO)Cc2ccccc2)s1. The average Bonchev–Trinajstić information content (AvgIpc) is 2.77. The molecule has 0 aliphatic rings. The van der Waals surface area contributed by atoms with E-state index in [1.54, 1.807) is 11.3 Å². The van der Waals surface area contributed by atoms with Crippen molar-refractivity contribution in [1.82, 2.24) is 10.2 Å². The third-order valence-electron chi connectivity index (χ3n) is 2.37. The maximum absolute atomic E-state index is 9.10. The molecule has 0 fully saturated rings. The molecule has 0 saturated heterocycles. The van der Waals surface area contributed by atoms with Crippen molar-refractivity contribution in [3.05, 3.63) is 40.9 Å². The van der Waals surface area contributed by atoms with E-state index in [-0.39, 0.29) is 6.61 Å². The lowest BCUT2D eigenvalue weighted by Crippen LogP contribution is -2.25. The lowest BCUT2D eigenvalue weighted by Gasteiger charge is -2.20. The summed E-state index contributed by atoms with van der Waals surface area (Å²) in [6.07, 6.45) is 0. The van der Waals surface area contributed by atoms with Crippen LogP contribution in [0.2, 0.25) is 0 Å². The number of nitrogens with zero attached hydrogens (tertiary/aromatic N) is 3. The summed E-state index contributed by atoms with van der Waals surface area (Å²) >= 11 is 1.55. The molecule has 0 atom stereocenters. The minimum absolute atomic E-state index is 0.117. The van der Waals surface area contributed by atoms with Crippen LogP contribution in [0, 0.1) is 6.92 Å². The van der Waals surface area contributed by atoms with E-state index < -0.39 is 0 Å². The van der Waals surface area contributed by atoms with Gasteiger partial charge in [-0.3, -0.25) is 0 Å². The quantitative estimate of drug-likeness (QED) is 0.878. The largest absolute Gasteiger partial charge is 0.395 e. The van der Waals surface area contributed by atoms with Crippen LogP contribution in [0.1, 0.15) is 10.6 Å². The molecule has 1 aromatic heterocycles. The summed E-state index contributed by atoms with van der Waals surface area (Å²) in [7, 11) is 0. The topological polar surface area (TPSA) is 49.2 Å². The first-order valence-corrected chi connectivity index (χ1v) is 6.31. The lowest BCUT2D eigenvalue weighted by atomic mass is 10.2. The molecule has 17 heavy (non-hydrogen) atoms. The summed E-state index contributed by atoms with van der Waals surface area (Å²) in [5, 5.41) is 19.0. The van der Waals surface area contributed by atoms with Gasteiger partial charge >= 0.3 is 0 Å². The molecule has 2 rings (SSSR count). The highest BCUT2D eigenvalue weighted by molar-refractivity contribution is 7.15. The molecule has 2 aromatic rings. The second-order valence-corrected chi connectivity index (χ2v) is 4.89. The number of aryl methyl sites for hydroxylation is 1. The summed E-state index contributed by atoms with van der Waals surface area (Å²) in [4.78, 5) is 2.04. The molecular weight excluding hydrogens is 234 g/mol. The Labute approximate surface area is 105 Å². The van der Waals surface area contributed by atoms with Gasteiger partial charge in [-0.25, -0.2) is 0 Å². The van der Waals surface area contributed by atoms with E-state index in [0.29, 0.717) is 6.54 Å². The van der Waals surface area contributed by atoms with E-state index >= 15 is 0 Å². The molecule has 0 saturated carbocycles. The molecule has 0 unspecified atom stereocenters. The highest BCUT2D eigenvalue weighted by atomic mass is 32.1. The van der Waals surface area contributed by atoms with E-state index in [4.69, 9.17) is 5.11 Å². The van der Waals surface area contributed by atoms with Crippen LogP contribution >= 0.6 is 11.3 Å². The Balaban J connectivity index is 2.13. The van der Waals surface area contributed by atoms with Crippen molar-refractivity contribution >= 4 is 16.5 Å². The van der Waals surface area contributed by atoms with Crippen molar-refractivity contribution in [3.8, 4) is 0 Å². The van der Waals surface area contributed by atoms with Crippen molar-refractivity contribution in [2.75, 3.05) is 18.1 Å². The number of aliphatic hydroxyl groups excluding tert-OH is 1. The van der Waals surface area contributed by atoms with Crippen LogP contribution in [0.15, 0.2) is 30.3 Å². The number of anilines is 1. The zero-order valence-corrected chi connectivity index (χ0v) is 10.5. The van der Waals surface area contributed by atoms with Gasteiger partial charge in [0.1, 0.15) is 5.01 Å². The first-order chi connectivity index (χ1) is 8.29. The Kier molecular flexibility index (Phi) is 4.06. The maximum atomic E-state index is 9.10. The van der Waals surface area contributed by atoms with Gasteiger partial charge in [0.2, 0.25) is 5.13 Å². The summed E-state index contributed by atoms with van der Waals surface area (Å²) in [6, 6.07) is 10.2. The van der Waals surface area contributed by atoms with Crippen LogP contribution in [0.4, 0.5) is 5.13 Å². The van der Waals surface area contributed by atoms with E-state index in [1.165, 1.54) is 5.56 Å². The van der Waals surface area contributed by atoms with Gasteiger partial charge in [0.05, 0.1) is 6.61 Å². The Morgan fingerprint density at radius 3 is 2.59 bits per heavy atom. The summed E-state index contributed by atoms with van der Waals surface area (Å²) in [5.74, 6) is 0. The van der Waals surface area contributed by atoms with Crippen LogP contribution in [0.25, 0.3) is 0 Å². The molecule has 4 nitrogen and oxygen atoms in total. The van der Waals surface area contributed by atoms with Crippen LogP contribution in [0.5, 0.6) is 0 Å². The number of aliphatic hydroxyl groups is 1. The predicted octanol–water partition coefficient (Wildman–Crippen LogP) is 1.85. The summed E-state index contributed by atoms with van der Waals surface area (Å²) in [5.41, 5.74) is 1.20. The van der Waals surface area contributed by atoms with Crippen molar-refractivity contribution in [3.63, 3.8) is 0 Å². The van der Waals surface area contributed by atoms with Crippen molar-refractivity contribution in [2.24, 2.45) is 0 Å². The summed E-state index contributed by atoms with van der Waals surface area (Å²) < 4.78 is 0. The van der Waals surface area contributed by atoms with Crippen LogP contribution in [0.3, 0.4) is 0 Å². The van der Waals surface area contributed by atoms with Gasteiger partial charge < -0.3 is 10.0 Å². The number of benzene rings is 1. The van der Waals surface area contributed by atoms with E-state index in [9.17, 15) is 0 Å². The molecular formula is C12H15N3OS. The molecule has 1 heterocycles. The smallest absolute Gasteiger partial charge is 0.208 e. The van der Waals surface area contributed by atoms with Gasteiger partial charge in [-0.1, -0.05) is 41.7 Å². The normalized spacial score (nSPS) is 10.5. The maximum Gasteiger partial charge on any atom is 0.208 e. The van der Waals surface area contributed by atoms with Crippen molar-refractivity contribution < 1.29 is 5.11 Å². The Morgan fingerprint density at radius 1 is 1.24 bits per heavy atom. The number of hydrogen-bond donors (Lipinski definition) is 1. The molecule has 0 bridgehead atoms. The van der Waals surface area contributed by atoms with Gasteiger partial charge in [0.25, 0.3) is 0 Å². The van der Waals surface area contributed by atoms with Crippen molar-refractivity contribution in [1.29, 1.82) is 0 Å². The highest BCUT2D eigenvalue weighted by Crippen LogP contribution is 2.21. The Morgan fingerprint density at radius 2 is 2.00 bits per heavy atom. The van der Waals surface area contributed by atoms with E-state index in [2.05, 4.69) is 22.3 Å². The van der Waals surface area contributed by atoms with E-state index in [1.807, 2.05) is 30.0 Å². The molecule has 5 heteroatoms. The lowest BCUT2D eigenvalue weighted by molar-refractivity contribution is 0.301. The highest BCUT2D eigenvalue weighted by Gasteiger charge is 2.11. The minimum atomic E-state index is 0.117. The van der Waals surface area contributed by atoms with Gasteiger partial charge in [0, 0.05) is 13.1 Å². The minimum Gasteiger partial charge on any atom is -0.395 e. The third kappa shape index (κ3) is 3.25. The number of hydrogen-bond acceptors (Lipinski definition) is 5. The molecule has 0 amide bonds. The molecule has 0 spiro atoms. The van der Waals surface area contributed by atoms with Crippen LogP contribution in [-0.4, -0.2) is 28.5 Å². The van der Waals surface area contributed by atoms with Gasteiger partial charge in [-0.05, 0) is 12.5 Å². The first-order valence-electron chi connectivity index (χ1n) is 5.49. The predicted molar refractivity (Wildman–Crippen MR) is 69.2 cm³/mol. The second-order valence-electron chi connectivity index (χ2n) is 3.73. The zero-order chi connectivity index (χ0) is 12.1. The van der Waals surface area contributed by atoms with Crippen LogP contribution < -0.4 is 4.90 Å². The molecule has 1 aromatic carbocycles. The fourth-order valence-electron chi connectivity index (χ4n) is 1.58. The van der Waals surface area contributed by atoms with Crippen LogP contribution in [-0.2, 0) is 6.54 Å². The monoisotopic (exact) mass is 249 g/mol.